The van der Waals surface area contributed by atoms with Crippen LogP contribution in [0.2, 0.25) is 5.02 Å². The third kappa shape index (κ3) is 5.38. The predicted octanol–water partition coefficient (Wildman–Crippen LogP) is 2.05. The van der Waals surface area contributed by atoms with Crippen molar-refractivity contribution in [3.8, 4) is 0 Å². The second-order valence-electron chi connectivity index (χ2n) is 9.21. The van der Waals surface area contributed by atoms with E-state index < -0.39 is 15.9 Å². The summed E-state index contributed by atoms with van der Waals surface area (Å²) in [7, 11) is -2.91. The van der Waals surface area contributed by atoms with Crippen molar-refractivity contribution >= 4 is 33.4 Å². The van der Waals surface area contributed by atoms with E-state index in [0.29, 0.717) is 31.1 Å². The van der Waals surface area contributed by atoms with Crippen LogP contribution in [0.5, 0.6) is 0 Å². The Morgan fingerprint density at radius 3 is 2.38 bits per heavy atom. The van der Waals surface area contributed by atoms with E-state index in [4.69, 9.17) is 16.7 Å². The zero-order valence-electron chi connectivity index (χ0n) is 18.0. The molecule has 32 heavy (non-hydrogen) atoms. The van der Waals surface area contributed by atoms with Crippen LogP contribution >= 0.6 is 11.6 Å². The molecule has 0 radical (unpaired) electrons. The average molecular weight is 484 g/mol. The van der Waals surface area contributed by atoms with Gasteiger partial charge in [0.1, 0.15) is 0 Å². The Labute approximate surface area is 193 Å². The van der Waals surface area contributed by atoms with E-state index in [0.717, 1.165) is 31.5 Å². The molecule has 176 valence electrons. The number of rotatable bonds is 5. The highest BCUT2D eigenvalue weighted by Crippen LogP contribution is 2.35. The van der Waals surface area contributed by atoms with Crippen LogP contribution in [0.3, 0.4) is 0 Å². The number of carbonyl (C=O) groups excluding carboxylic acids is 1. The fourth-order valence-corrected chi connectivity index (χ4v) is 7.28. The van der Waals surface area contributed by atoms with Gasteiger partial charge < -0.3 is 15.3 Å². The monoisotopic (exact) mass is 483 g/mol. The van der Waals surface area contributed by atoms with Crippen LogP contribution in [0.25, 0.3) is 0 Å². The molecule has 0 saturated carbocycles. The van der Waals surface area contributed by atoms with Gasteiger partial charge >= 0.3 is 6.09 Å². The number of hydrogen-bond donors (Lipinski definition) is 2. The number of amides is 2. The number of hydrogen-bond acceptors (Lipinski definition) is 5. The van der Waals surface area contributed by atoms with Crippen LogP contribution in [0.4, 0.5) is 4.79 Å². The molecule has 2 N–H and O–H groups in total. The molecule has 2 amide bonds. The zero-order valence-corrected chi connectivity index (χ0v) is 19.5. The molecule has 0 bridgehead atoms. The van der Waals surface area contributed by atoms with Gasteiger partial charge in [-0.2, -0.15) is 0 Å². The van der Waals surface area contributed by atoms with E-state index in [1.807, 2.05) is 29.2 Å². The summed E-state index contributed by atoms with van der Waals surface area (Å²) in [5.41, 5.74) is 1.05. The molecule has 0 aromatic heterocycles. The van der Waals surface area contributed by atoms with Crippen LogP contribution in [0.1, 0.15) is 30.7 Å². The van der Waals surface area contributed by atoms with Crippen molar-refractivity contribution in [3.05, 3.63) is 34.9 Å². The molecular formula is C22H30ClN3O5S. The first-order valence-corrected chi connectivity index (χ1v) is 13.4. The topological polar surface area (TPSA) is 107 Å². The largest absolute Gasteiger partial charge is 0.465 e. The molecule has 10 heteroatoms. The van der Waals surface area contributed by atoms with Gasteiger partial charge in [0.25, 0.3) is 0 Å². The first kappa shape index (κ1) is 23.3. The number of carbonyl (C=O) groups is 2. The summed E-state index contributed by atoms with van der Waals surface area (Å²) in [5, 5.41) is 12.2. The van der Waals surface area contributed by atoms with Crippen molar-refractivity contribution in [1.29, 1.82) is 0 Å². The Morgan fingerprint density at radius 1 is 1.09 bits per heavy atom. The molecule has 3 fully saturated rings. The molecule has 8 nitrogen and oxygen atoms in total. The molecule has 3 atom stereocenters. The standard InChI is InChI=1S/C22H30ClN3O5S/c23-18-3-1-15(2-4-18)20-13-26(12-17(20)11-24-22(28)29)21(27)16-5-8-25(9-6-16)19-7-10-32(30,31)14-19/h1-4,16-17,19-20,24H,5-14H2,(H,28,29)/t17-,19?,20-/m0/s1. The first-order chi connectivity index (χ1) is 15.2. The number of nitrogens with zero attached hydrogens (tertiary/aromatic N) is 2. The van der Waals surface area contributed by atoms with Crippen molar-refractivity contribution < 1.29 is 23.1 Å². The minimum atomic E-state index is -2.91. The molecule has 3 saturated heterocycles. The number of sulfone groups is 1. The summed E-state index contributed by atoms with van der Waals surface area (Å²) < 4.78 is 23.6. The van der Waals surface area contributed by atoms with Crippen molar-refractivity contribution in [2.24, 2.45) is 11.8 Å². The summed E-state index contributed by atoms with van der Waals surface area (Å²) in [6.45, 7) is 2.87. The molecule has 4 rings (SSSR count). The first-order valence-electron chi connectivity index (χ1n) is 11.2. The molecule has 0 spiro atoms. The molecule has 0 aliphatic carbocycles. The lowest BCUT2D eigenvalue weighted by Gasteiger charge is -2.36. The van der Waals surface area contributed by atoms with E-state index in [1.54, 1.807) is 0 Å². The Bertz CT molecular complexity index is 947. The molecule has 1 aromatic carbocycles. The maximum atomic E-state index is 13.3. The predicted molar refractivity (Wildman–Crippen MR) is 122 cm³/mol. The lowest BCUT2D eigenvalue weighted by molar-refractivity contribution is -0.136. The number of benzene rings is 1. The van der Waals surface area contributed by atoms with Gasteiger partial charge in [-0.15, -0.1) is 0 Å². The van der Waals surface area contributed by atoms with E-state index in [-0.39, 0.29) is 41.2 Å². The lowest BCUT2D eigenvalue weighted by Crippen LogP contribution is -2.46. The second-order valence-corrected chi connectivity index (χ2v) is 11.9. The van der Waals surface area contributed by atoms with Crippen LogP contribution in [-0.2, 0) is 14.6 Å². The molecule has 3 aliphatic heterocycles. The maximum absolute atomic E-state index is 13.3. The van der Waals surface area contributed by atoms with E-state index in [2.05, 4.69) is 10.2 Å². The smallest absolute Gasteiger partial charge is 0.404 e. The van der Waals surface area contributed by atoms with Crippen LogP contribution in [-0.4, -0.2) is 85.6 Å². The van der Waals surface area contributed by atoms with Crippen molar-refractivity contribution in [2.45, 2.75) is 31.2 Å². The quantitative estimate of drug-likeness (QED) is 0.663. The van der Waals surface area contributed by atoms with E-state index in [9.17, 15) is 18.0 Å². The Hall–Kier alpha value is -1.84. The Balaban J connectivity index is 1.38. The average Bonchev–Trinajstić information content (AvgIpc) is 3.35. The SMILES string of the molecule is O=C(O)NC[C@H]1CN(C(=O)C2CCN(C3CCS(=O)(=O)C3)CC2)C[C@H]1c1ccc(Cl)cc1. The third-order valence-electron chi connectivity index (χ3n) is 7.17. The van der Waals surface area contributed by atoms with Crippen LogP contribution in [0, 0.1) is 11.8 Å². The number of halogens is 1. The van der Waals surface area contributed by atoms with E-state index >= 15 is 0 Å². The maximum Gasteiger partial charge on any atom is 0.404 e. The van der Waals surface area contributed by atoms with Gasteiger partial charge in [0, 0.05) is 48.5 Å². The lowest BCUT2D eigenvalue weighted by atomic mass is 9.89. The number of piperidine rings is 1. The number of carboxylic acid groups (broad SMARTS) is 1. The van der Waals surface area contributed by atoms with Gasteiger partial charge in [-0.25, -0.2) is 13.2 Å². The molecule has 3 aliphatic rings. The van der Waals surface area contributed by atoms with Crippen molar-refractivity contribution in [2.75, 3.05) is 44.2 Å². The van der Waals surface area contributed by atoms with Crippen molar-refractivity contribution in [3.63, 3.8) is 0 Å². The highest BCUT2D eigenvalue weighted by molar-refractivity contribution is 7.91. The minimum absolute atomic E-state index is 0.00000924. The molecular weight excluding hydrogens is 454 g/mol. The fraction of sp³-hybridized carbons (Fsp3) is 0.636. The minimum Gasteiger partial charge on any atom is -0.465 e. The molecule has 1 unspecified atom stereocenters. The van der Waals surface area contributed by atoms with Gasteiger partial charge in [-0.3, -0.25) is 9.69 Å². The number of likely N-dealkylation sites (tertiary alicyclic amines) is 2. The summed E-state index contributed by atoms with van der Waals surface area (Å²) >= 11 is 6.02. The van der Waals surface area contributed by atoms with Gasteiger partial charge in [0.15, 0.2) is 9.84 Å². The number of nitrogens with one attached hydrogen (secondary N) is 1. The molecule has 3 heterocycles. The van der Waals surface area contributed by atoms with Crippen molar-refractivity contribution in [1.82, 2.24) is 15.1 Å². The Morgan fingerprint density at radius 2 is 1.78 bits per heavy atom. The third-order valence-corrected chi connectivity index (χ3v) is 9.17. The van der Waals surface area contributed by atoms with Gasteiger partial charge in [-0.1, -0.05) is 23.7 Å². The van der Waals surface area contributed by atoms with Gasteiger partial charge in [-0.05, 0) is 50.0 Å². The van der Waals surface area contributed by atoms with Gasteiger partial charge in [0.05, 0.1) is 11.5 Å². The van der Waals surface area contributed by atoms with E-state index in [1.165, 1.54) is 0 Å². The van der Waals surface area contributed by atoms with Crippen LogP contribution < -0.4 is 5.32 Å². The summed E-state index contributed by atoms with van der Waals surface area (Å²) in [5.74, 6) is 0.606. The summed E-state index contributed by atoms with van der Waals surface area (Å²) in [6, 6.07) is 7.62. The zero-order chi connectivity index (χ0) is 22.9. The Kier molecular flexibility index (Phi) is 6.97. The van der Waals surface area contributed by atoms with Crippen LogP contribution in [0.15, 0.2) is 24.3 Å². The fourth-order valence-electron chi connectivity index (χ4n) is 5.40. The second kappa shape index (κ2) is 9.57. The highest BCUT2D eigenvalue weighted by Gasteiger charge is 2.40. The summed E-state index contributed by atoms with van der Waals surface area (Å²) in [4.78, 5) is 28.4. The summed E-state index contributed by atoms with van der Waals surface area (Å²) in [6.07, 6.45) is 1.09. The molecule has 1 aromatic rings. The highest BCUT2D eigenvalue weighted by atomic mass is 35.5. The normalized spacial score (nSPS) is 28.7. The van der Waals surface area contributed by atoms with Gasteiger partial charge in [0.2, 0.25) is 5.91 Å².